The first-order valence-electron chi connectivity index (χ1n) is 12.6. The number of phenolic OH excluding ortho intramolecular Hbond substituents is 1. The molecule has 0 amide bonds. The Balaban J connectivity index is 1.47. The van der Waals surface area contributed by atoms with E-state index in [-0.39, 0.29) is 33.8 Å². The molecule has 2 fully saturated rings. The Morgan fingerprint density at radius 2 is 1.78 bits per heavy atom. The summed E-state index contributed by atoms with van der Waals surface area (Å²) in [6.07, 6.45) is -9.68. The molecule has 3 aromatic rings. The van der Waals surface area contributed by atoms with Gasteiger partial charge in [0.2, 0.25) is 11.7 Å². The number of hydrogen-bond acceptors (Lipinski definition) is 14. The van der Waals surface area contributed by atoms with Crippen molar-refractivity contribution in [1.82, 2.24) is 0 Å². The monoisotopic (exact) mass is 578 g/mol. The molecule has 0 aliphatic carbocycles. The molecule has 0 bridgehead atoms. The number of fused-ring (bicyclic) bond motifs is 1. The van der Waals surface area contributed by atoms with Crippen molar-refractivity contribution in [3.63, 3.8) is 0 Å². The number of aromatic hydroxyl groups is 1. The molecule has 3 heterocycles. The normalized spacial score (nSPS) is 31.8. The van der Waals surface area contributed by atoms with Crippen molar-refractivity contribution in [2.24, 2.45) is 0 Å². The summed E-state index contributed by atoms with van der Waals surface area (Å²) in [6, 6.07) is 8.69. The molecule has 14 heteroatoms. The minimum absolute atomic E-state index is 0.0218. The Hall–Kier alpha value is -3.31. The SMILES string of the molecule is COc1cc(O[C@@H]2O[C@H](CO)[C@H](O)[C@H](O)[C@H]2O[C@@H]2OC[C@](O)(CO)[C@H]2O)cc2occ(-c3ccc(O)cc3)c(=O)c12. The first kappa shape index (κ1) is 29.2. The summed E-state index contributed by atoms with van der Waals surface area (Å²) in [5.41, 5.74) is -1.64. The molecule has 2 aliphatic rings. The highest BCUT2D eigenvalue weighted by Crippen LogP contribution is 2.35. The Labute approximate surface area is 232 Å². The molecule has 7 N–H and O–H groups in total. The van der Waals surface area contributed by atoms with Gasteiger partial charge >= 0.3 is 0 Å². The van der Waals surface area contributed by atoms with Gasteiger partial charge in [-0.25, -0.2) is 0 Å². The van der Waals surface area contributed by atoms with E-state index in [1.54, 1.807) is 12.1 Å². The Morgan fingerprint density at radius 3 is 2.41 bits per heavy atom. The largest absolute Gasteiger partial charge is 0.508 e. The zero-order chi connectivity index (χ0) is 29.5. The van der Waals surface area contributed by atoms with Crippen LogP contribution in [0.25, 0.3) is 22.1 Å². The highest BCUT2D eigenvalue weighted by molar-refractivity contribution is 5.88. The van der Waals surface area contributed by atoms with Crippen molar-refractivity contribution in [2.45, 2.75) is 48.7 Å². The van der Waals surface area contributed by atoms with Crippen molar-refractivity contribution in [3.05, 3.63) is 52.9 Å². The molecule has 2 aromatic carbocycles. The van der Waals surface area contributed by atoms with Gasteiger partial charge in [0.05, 0.1) is 32.5 Å². The van der Waals surface area contributed by atoms with E-state index in [0.29, 0.717) is 5.56 Å². The zero-order valence-corrected chi connectivity index (χ0v) is 21.7. The minimum atomic E-state index is -2.02. The summed E-state index contributed by atoms with van der Waals surface area (Å²) in [6.45, 7) is -1.99. The number of aliphatic hydroxyl groups excluding tert-OH is 5. The molecule has 5 rings (SSSR count). The van der Waals surface area contributed by atoms with E-state index in [4.69, 9.17) is 28.1 Å². The van der Waals surface area contributed by atoms with E-state index in [1.165, 1.54) is 37.6 Å². The van der Waals surface area contributed by atoms with Crippen molar-refractivity contribution >= 4 is 11.0 Å². The minimum Gasteiger partial charge on any atom is -0.508 e. The van der Waals surface area contributed by atoms with E-state index in [9.17, 15) is 40.5 Å². The van der Waals surface area contributed by atoms with Crippen molar-refractivity contribution in [2.75, 3.05) is 26.9 Å². The number of ether oxygens (including phenoxy) is 5. The van der Waals surface area contributed by atoms with E-state index in [2.05, 4.69) is 0 Å². The van der Waals surface area contributed by atoms with E-state index >= 15 is 0 Å². The summed E-state index contributed by atoms with van der Waals surface area (Å²) in [5.74, 6) is 0.125. The highest BCUT2D eigenvalue weighted by Gasteiger charge is 2.53. The van der Waals surface area contributed by atoms with Gasteiger partial charge in [-0.2, -0.15) is 0 Å². The van der Waals surface area contributed by atoms with Crippen LogP contribution in [-0.2, 0) is 14.2 Å². The predicted octanol–water partition coefficient (Wildman–Crippen LogP) is -1.18. The fraction of sp³-hybridized carbons (Fsp3) is 0.444. The summed E-state index contributed by atoms with van der Waals surface area (Å²) in [7, 11) is 1.33. The Bertz CT molecular complexity index is 1420. The molecule has 14 nitrogen and oxygen atoms in total. The smallest absolute Gasteiger partial charge is 0.229 e. The summed E-state index contributed by atoms with van der Waals surface area (Å²) in [4.78, 5) is 13.4. The molecule has 0 radical (unpaired) electrons. The van der Waals surface area contributed by atoms with E-state index < -0.39 is 74.0 Å². The topological polar surface area (TPSA) is 218 Å². The van der Waals surface area contributed by atoms with E-state index in [0.717, 1.165) is 0 Å². The lowest BCUT2D eigenvalue weighted by Gasteiger charge is -2.42. The van der Waals surface area contributed by atoms with Crippen LogP contribution in [0, 0.1) is 0 Å². The number of rotatable bonds is 8. The van der Waals surface area contributed by atoms with Gasteiger partial charge in [-0.15, -0.1) is 0 Å². The van der Waals surface area contributed by atoms with Crippen LogP contribution in [0.5, 0.6) is 17.2 Å². The number of phenols is 1. The van der Waals surface area contributed by atoms with Crippen LogP contribution < -0.4 is 14.9 Å². The molecule has 2 aliphatic heterocycles. The van der Waals surface area contributed by atoms with E-state index in [1.807, 2.05) is 0 Å². The number of methoxy groups -OCH3 is 1. The molecule has 2 saturated heterocycles. The van der Waals surface area contributed by atoms with Gasteiger partial charge in [0, 0.05) is 12.1 Å². The summed E-state index contributed by atoms with van der Waals surface area (Å²) in [5, 5.41) is 70.6. The van der Waals surface area contributed by atoms with Gasteiger partial charge in [-0.3, -0.25) is 4.79 Å². The lowest BCUT2D eigenvalue weighted by molar-refractivity contribution is -0.318. The lowest BCUT2D eigenvalue weighted by Crippen LogP contribution is -2.62. The molecule has 41 heavy (non-hydrogen) atoms. The van der Waals surface area contributed by atoms with Crippen LogP contribution in [0.3, 0.4) is 0 Å². The molecule has 0 unspecified atom stereocenters. The molecule has 0 spiro atoms. The molecule has 1 aromatic heterocycles. The molecule has 222 valence electrons. The highest BCUT2D eigenvalue weighted by atomic mass is 16.8. The summed E-state index contributed by atoms with van der Waals surface area (Å²) >= 11 is 0. The van der Waals surface area contributed by atoms with Gasteiger partial charge < -0.3 is 63.8 Å². The van der Waals surface area contributed by atoms with Crippen LogP contribution >= 0.6 is 0 Å². The van der Waals surface area contributed by atoms with Crippen LogP contribution in [0.4, 0.5) is 0 Å². The molecular weight excluding hydrogens is 548 g/mol. The lowest BCUT2D eigenvalue weighted by atomic mass is 9.98. The first-order valence-corrected chi connectivity index (χ1v) is 12.6. The molecule has 0 saturated carbocycles. The van der Waals surface area contributed by atoms with Crippen molar-refractivity contribution in [1.29, 1.82) is 0 Å². The number of aliphatic hydroxyl groups is 6. The quantitative estimate of drug-likeness (QED) is 0.167. The van der Waals surface area contributed by atoms with Crippen LogP contribution in [0.2, 0.25) is 0 Å². The van der Waals surface area contributed by atoms with Gasteiger partial charge in [0.1, 0.15) is 64.5 Å². The predicted molar refractivity (Wildman–Crippen MR) is 137 cm³/mol. The third-order valence-corrected chi connectivity index (χ3v) is 7.16. The second-order valence-electron chi connectivity index (χ2n) is 9.84. The fourth-order valence-electron chi connectivity index (χ4n) is 4.76. The van der Waals surface area contributed by atoms with Crippen molar-refractivity contribution in [3.8, 4) is 28.4 Å². The maximum Gasteiger partial charge on any atom is 0.229 e. The number of benzene rings is 2. The number of hydrogen-bond donors (Lipinski definition) is 7. The van der Waals surface area contributed by atoms with Crippen molar-refractivity contribution < 1.29 is 63.8 Å². The first-order chi connectivity index (χ1) is 19.6. The van der Waals surface area contributed by atoms with Gasteiger partial charge in [-0.05, 0) is 17.7 Å². The van der Waals surface area contributed by atoms with Gasteiger partial charge in [0.15, 0.2) is 12.4 Å². The van der Waals surface area contributed by atoms with Gasteiger partial charge in [-0.1, -0.05) is 12.1 Å². The standard InChI is InChI=1S/C27H30O14/c1-36-16-6-14(7-17-19(16)20(31)15(9-37-17)12-2-4-13(30)5-3-12)39-25-23(22(33)21(32)18(8-28)40-25)41-26-24(34)27(35,10-29)11-38-26/h2-7,9,18,21-26,28-30,32-35H,8,10-11H2,1H3/t18-,21+,22+,23-,24+,25-,26+,27-/m1/s1. The maximum absolute atomic E-state index is 13.4. The van der Waals surface area contributed by atoms with Crippen LogP contribution in [-0.4, -0.2) is 111 Å². The average Bonchev–Trinajstić information content (AvgIpc) is 3.26. The summed E-state index contributed by atoms with van der Waals surface area (Å²) < 4.78 is 33.6. The fourth-order valence-corrected chi connectivity index (χ4v) is 4.76. The third kappa shape index (κ3) is 5.37. The molecular formula is C27H30O14. The third-order valence-electron chi connectivity index (χ3n) is 7.16. The average molecular weight is 579 g/mol. The zero-order valence-electron chi connectivity index (χ0n) is 21.7. The van der Waals surface area contributed by atoms with Gasteiger partial charge in [0.25, 0.3) is 0 Å². The maximum atomic E-state index is 13.4. The second kappa shape index (κ2) is 11.5. The van der Waals surface area contributed by atoms with Crippen LogP contribution in [0.15, 0.2) is 51.9 Å². The Morgan fingerprint density at radius 1 is 1.05 bits per heavy atom. The van der Waals surface area contributed by atoms with Crippen LogP contribution in [0.1, 0.15) is 0 Å². The second-order valence-corrected chi connectivity index (χ2v) is 9.84. The Kier molecular flexibility index (Phi) is 8.20. The molecule has 8 atom stereocenters.